The van der Waals surface area contributed by atoms with Gasteiger partial charge in [-0.2, -0.15) is 4.31 Å². The maximum atomic E-state index is 13.2. The summed E-state index contributed by atoms with van der Waals surface area (Å²) in [6, 6.07) is 13.2. The van der Waals surface area contributed by atoms with Gasteiger partial charge in [0.2, 0.25) is 15.9 Å². The molecule has 0 aliphatic carbocycles. The fourth-order valence-electron chi connectivity index (χ4n) is 4.18. The Labute approximate surface area is 203 Å². The molecule has 1 N–H and O–H groups in total. The monoisotopic (exact) mass is 488 g/mol. The number of hydrogen-bond donors (Lipinski definition) is 1. The first-order chi connectivity index (χ1) is 16.3. The number of carbonyl (C=O) groups is 1. The van der Waals surface area contributed by atoms with E-state index in [-0.39, 0.29) is 34.9 Å². The zero-order valence-electron chi connectivity index (χ0n) is 20.5. The van der Waals surface area contributed by atoms with Crippen LogP contribution in [0.4, 0.5) is 0 Å². The molecule has 1 amide bonds. The van der Waals surface area contributed by atoms with Gasteiger partial charge in [-0.3, -0.25) is 4.79 Å². The number of ether oxygens (including phenoxy) is 2. The predicted molar refractivity (Wildman–Crippen MR) is 132 cm³/mol. The number of hydrogen-bond acceptors (Lipinski definition) is 5. The molecule has 1 unspecified atom stereocenters. The molecular formula is C26H36N2O5S. The summed E-state index contributed by atoms with van der Waals surface area (Å²) in [5.41, 5.74) is 2.96. The first kappa shape index (κ1) is 26.2. The van der Waals surface area contributed by atoms with Gasteiger partial charge >= 0.3 is 0 Å². The van der Waals surface area contributed by atoms with Crippen molar-refractivity contribution in [3.8, 4) is 5.75 Å². The van der Waals surface area contributed by atoms with Gasteiger partial charge in [0.25, 0.3) is 0 Å². The van der Waals surface area contributed by atoms with E-state index in [1.165, 1.54) is 17.0 Å². The second-order valence-corrected chi connectivity index (χ2v) is 10.9. The van der Waals surface area contributed by atoms with Crippen molar-refractivity contribution in [2.24, 2.45) is 5.92 Å². The van der Waals surface area contributed by atoms with E-state index in [1.54, 1.807) is 18.2 Å². The van der Waals surface area contributed by atoms with Gasteiger partial charge in [-0.05, 0) is 41.2 Å². The smallest absolute Gasteiger partial charge is 0.246 e. The Hall–Kier alpha value is -2.42. The van der Waals surface area contributed by atoms with Crippen LogP contribution in [-0.4, -0.2) is 52.0 Å². The van der Waals surface area contributed by atoms with Crippen molar-refractivity contribution in [1.82, 2.24) is 9.62 Å². The molecule has 0 saturated carbocycles. The highest BCUT2D eigenvalue weighted by atomic mass is 32.2. The quantitative estimate of drug-likeness (QED) is 0.551. The number of methoxy groups -OCH3 is 1. The van der Waals surface area contributed by atoms with Gasteiger partial charge in [0.1, 0.15) is 10.6 Å². The van der Waals surface area contributed by atoms with Crippen LogP contribution in [0.1, 0.15) is 49.9 Å². The summed E-state index contributed by atoms with van der Waals surface area (Å²) >= 11 is 0. The lowest BCUT2D eigenvalue weighted by Gasteiger charge is -2.27. The molecule has 2 aromatic rings. The minimum atomic E-state index is -3.75. The minimum absolute atomic E-state index is 0.0762. The molecule has 2 aromatic carbocycles. The van der Waals surface area contributed by atoms with Gasteiger partial charge in [0.15, 0.2) is 0 Å². The van der Waals surface area contributed by atoms with Crippen molar-refractivity contribution in [2.45, 2.75) is 51.0 Å². The van der Waals surface area contributed by atoms with E-state index in [1.807, 2.05) is 0 Å². The number of aryl methyl sites for hydroxylation is 1. The molecule has 0 aromatic heterocycles. The number of benzene rings is 2. The molecule has 0 radical (unpaired) electrons. The van der Waals surface area contributed by atoms with Gasteiger partial charge in [-0.15, -0.1) is 0 Å². The number of amides is 1. The van der Waals surface area contributed by atoms with Gasteiger partial charge < -0.3 is 14.8 Å². The number of nitrogens with zero attached hydrogens (tertiary/aromatic N) is 1. The van der Waals surface area contributed by atoms with E-state index in [0.717, 1.165) is 18.4 Å². The summed E-state index contributed by atoms with van der Waals surface area (Å²) < 4.78 is 38.4. The summed E-state index contributed by atoms with van der Waals surface area (Å²) in [5.74, 6) is 0.313. The number of morpholine rings is 1. The lowest BCUT2D eigenvalue weighted by Crippen LogP contribution is -2.40. The van der Waals surface area contributed by atoms with E-state index in [2.05, 4.69) is 50.4 Å². The first-order valence-corrected chi connectivity index (χ1v) is 13.3. The topological polar surface area (TPSA) is 84.9 Å². The molecule has 8 heteroatoms. The Morgan fingerprint density at radius 2 is 1.74 bits per heavy atom. The van der Waals surface area contributed by atoms with Crippen molar-refractivity contribution in [1.29, 1.82) is 0 Å². The van der Waals surface area contributed by atoms with Crippen molar-refractivity contribution >= 4 is 15.9 Å². The third-order valence-corrected chi connectivity index (χ3v) is 7.96. The molecule has 1 heterocycles. The van der Waals surface area contributed by atoms with Crippen LogP contribution in [0, 0.1) is 5.92 Å². The van der Waals surface area contributed by atoms with Crippen molar-refractivity contribution in [2.75, 3.05) is 33.4 Å². The summed E-state index contributed by atoms with van der Waals surface area (Å²) in [5, 5.41) is 3.14. The van der Waals surface area contributed by atoms with Crippen LogP contribution in [0.5, 0.6) is 5.75 Å². The lowest BCUT2D eigenvalue weighted by atomic mass is 9.94. The highest BCUT2D eigenvalue weighted by molar-refractivity contribution is 7.89. The fraction of sp³-hybridized carbons (Fsp3) is 0.500. The molecule has 0 spiro atoms. The minimum Gasteiger partial charge on any atom is -0.495 e. The molecule has 3 rings (SSSR count). The SMILES string of the molecule is CCCc1ccc(C(NC(=O)Cc2ccc(OC)c(S(=O)(=O)N3CCOCC3)c2)C(C)C)cc1. The summed E-state index contributed by atoms with van der Waals surface area (Å²) in [6.07, 6.45) is 2.20. The van der Waals surface area contributed by atoms with Gasteiger partial charge in [0.05, 0.1) is 32.8 Å². The van der Waals surface area contributed by atoms with E-state index in [0.29, 0.717) is 31.9 Å². The summed E-state index contributed by atoms with van der Waals surface area (Å²) in [6.45, 7) is 7.62. The average Bonchev–Trinajstić information content (AvgIpc) is 2.83. The molecule has 1 atom stereocenters. The van der Waals surface area contributed by atoms with Crippen molar-refractivity contribution in [3.05, 3.63) is 59.2 Å². The molecular weight excluding hydrogens is 452 g/mol. The highest BCUT2D eigenvalue weighted by Crippen LogP contribution is 2.29. The molecule has 0 bridgehead atoms. The summed E-state index contributed by atoms with van der Waals surface area (Å²) in [7, 11) is -2.31. The third kappa shape index (κ3) is 6.37. The molecule has 34 heavy (non-hydrogen) atoms. The van der Waals surface area contributed by atoms with Crippen LogP contribution in [0.15, 0.2) is 47.4 Å². The Morgan fingerprint density at radius 3 is 2.32 bits per heavy atom. The van der Waals surface area contributed by atoms with Gasteiger partial charge in [-0.25, -0.2) is 8.42 Å². The Morgan fingerprint density at radius 1 is 1.09 bits per heavy atom. The molecule has 1 fully saturated rings. The van der Waals surface area contributed by atoms with Crippen molar-refractivity contribution in [3.63, 3.8) is 0 Å². The number of sulfonamides is 1. The zero-order chi connectivity index (χ0) is 24.7. The van der Waals surface area contributed by atoms with Crippen LogP contribution < -0.4 is 10.1 Å². The summed E-state index contributed by atoms with van der Waals surface area (Å²) in [4.78, 5) is 13.0. The van der Waals surface area contributed by atoms with Gasteiger partial charge in [0, 0.05) is 13.1 Å². The maximum absolute atomic E-state index is 13.2. The van der Waals surface area contributed by atoms with E-state index < -0.39 is 10.0 Å². The predicted octanol–water partition coefficient (Wildman–Crippen LogP) is 3.72. The maximum Gasteiger partial charge on any atom is 0.246 e. The normalized spacial score (nSPS) is 15.8. The van der Waals surface area contributed by atoms with Crippen molar-refractivity contribution < 1.29 is 22.7 Å². The molecule has 1 aliphatic heterocycles. The number of rotatable bonds is 10. The van der Waals surface area contributed by atoms with E-state index >= 15 is 0 Å². The molecule has 7 nitrogen and oxygen atoms in total. The van der Waals surface area contributed by atoms with Crippen LogP contribution in [0.2, 0.25) is 0 Å². The third-order valence-electron chi connectivity index (χ3n) is 6.04. The Balaban J connectivity index is 1.77. The number of carbonyl (C=O) groups excluding carboxylic acids is 1. The van der Waals surface area contributed by atoms with Crippen LogP contribution >= 0.6 is 0 Å². The lowest BCUT2D eigenvalue weighted by molar-refractivity contribution is -0.121. The number of nitrogens with one attached hydrogen (secondary N) is 1. The van der Waals surface area contributed by atoms with E-state index in [9.17, 15) is 13.2 Å². The first-order valence-electron chi connectivity index (χ1n) is 11.9. The fourth-order valence-corrected chi connectivity index (χ4v) is 5.80. The van der Waals surface area contributed by atoms with Crippen LogP contribution in [-0.2, 0) is 32.4 Å². The average molecular weight is 489 g/mol. The van der Waals surface area contributed by atoms with Crippen LogP contribution in [0.3, 0.4) is 0 Å². The molecule has 1 saturated heterocycles. The Kier molecular flexibility index (Phi) is 9.10. The standard InChI is InChI=1S/C26H36N2O5S/c1-5-6-20-7-10-22(11-8-20)26(19(2)3)27-25(29)18-21-9-12-23(32-4)24(17-21)34(30,31)28-13-15-33-16-14-28/h7-12,17,19,26H,5-6,13-16,18H2,1-4H3,(H,27,29). The molecule has 1 aliphatic rings. The Bertz CT molecular complexity index is 1060. The second-order valence-electron chi connectivity index (χ2n) is 8.96. The zero-order valence-corrected chi connectivity index (χ0v) is 21.4. The largest absolute Gasteiger partial charge is 0.495 e. The highest BCUT2D eigenvalue weighted by Gasteiger charge is 2.30. The molecule has 186 valence electrons. The van der Waals surface area contributed by atoms with E-state index in [4.69, 9.17) is 9.47 Å². The second kappa shape index (κ2) is 11.8. The van der Waals surface area contributed by atoms with Crippen LogP contribution in [0.25, 0.3) is 0 Å². The van der Waals surface area contributed by atoms with Gasteiger partial charge in [-0.1, -0.05) is 57.5 Å².